The van der Waals surface area contributed by atoms with Crippen LogP contribution in [0.2, 0.25) is 0 Å². The summed E-state index contributed by atoms with van der Waals surface area (Å²) >= 11 is 0. The highest BCUT2D eigenvalue weighted by molar-refractivity contribution is 5.35. The van der Waals surface area contributed by atoms with Gasteiger partial charge in [-0.25, -0.2) is 8.78 Å². The smallest absolute Gasteiger partial charge is 0.131 e. The van der Waals surface area contributed by atoms with Gasteiger partial charge in [-0.1, -0.05) is 13.0 Å². The monoisotopic (exact) mass is 262 g/mol. The van der Waals surface area contributed by atoms with E-state index in [0.29, 0.717) is 12.1 Å². The Balaban J connectivity index is 2.48. The Hall–Kier alpha value is -1.81. The average Bonchev–Trinajstić information content (AvgIpc) is 2.38. The van der Waals surface area contributed by atoms with Gasteiger partial charge in [0, 0.05) is 24.0 Å². The third-order valence-corrected chi connectivity index (χ3v) is 3.07. The fourth-order valence-corrected chi connectivity index (χ4v) is 2.11. The van der Waals surface area contributed by atoms with Gasteiger partial charge in [0.2, 0.25) is 0 Å². The van der Waals surface area contributed by atoms with Crippen molar-refractivity contribution in [3.63, 3.8) is 0 Å². The van der Waals surface area contributed by atoms with Crippen LogP contribution in [0.4, 0.5) is 8.78 Å². The van der Waals surface area contributed by atoms with Gasteiger partial charge in [0.1, 0.15) is 11.6 Å². The van der Waals surface area contributed by atoms with Crippen LogP contribution in [0.5, 0.6) is 0 Å². The van der Waals surface area contributed by atoms with Crippen LogP contribution in [0.25, 0.3) is 0 Å². The minimum absolute atomic E-state index is 0.320. The highest BCUT2D eigenvalue weighted by Crippen LogP contribution is 2.26. The first-order valence-corrected chi connectivity index (χ1v) is 6.22. The Bertz CT molecular complexity index is 570. The summed E-state index contributed by atoms with van der Waals surface area (Å²) in [6, 6.07) is 5.21. The Kier molecular flexibility index (Phi) is 4.22. The molecule has 0 aliphatic rings. The van der Waals surface area contributed by atoms with E-state index in [1.807, 2.05) is 19.9 Å². The summed E-state index contributed by atoms with van der Waals surface area (Å²) in [5.41, 5.74) is 2.35. The Morgan fingerprint density at radius 2 is 2.00 bits per heavy atom. The van der Waals surface area contributed by atoms with E-state index in [9.17, 15) is 8.78 Å². The van der Waals surface area contributed by atoms with E-state index in [1.54, 1.807) is 12.4 Å². The van der Waals surface area contributed by atoms with Crippen molar-refractivity contribution in [2.45, 2.75) is 19.9 Å². The quantitative estimate of drug-likeness (QED) is 0.913. The second-order valence-corrected chi connectivity index (χ2v) is 4.39. The molecular weight excluding hydrogens is 246 g/mol. The minimum atomic E-state index is -0.570. The number of hydrogen-bond acceptors (Lipinski definition) is 2. The number of hydrogen-bond donors (Lipinski definition) is 1. The molecule has 0 aliphatic carbocycles. The topological polar surface area (TPSA) is 24.9 Å². The predicted molar refractivity (Wildman–Crippen MR) is 70.9 cm³/mol. The lowest BCUT2D eigenvalue weighted by Gasteiger charge is -2.21. The Morgan fingerprint density at radius 3 is 2.63 bits per heavy atom. The normalized spacial score (nSPS) is 12.4. The standard InChI is InChI=1S/C15H16F2N2/c1-3-19-15(13-9-18-7-6-10(13)2)12-5-4-11(16)8-14(12)17/h4-9,15,19H,3H2,1-2H3. The summed E-state index contributed by atoms with van der Waals surface area (Å²) in [5, 5.41) is 3.21. The molecule has 0 saturated heterocycles. The molecule has 1 N–H and O–H groups in total. The molecule has 0 radical (unpaired) electrons. The van der Waals surface area contributed by atoms with Crippen LogP contribution in [0, 0.1) is 18.6 Å². The lowest BCUT2D eigenvalue weighted by molar-refractivity contribution is 0.539. The maximum absolute atomic E-state index is 13.9. The van der Waals surface area contributed by atoms with E-state index >= 15 is 0 Å². The van der Waals surface area contributed by atoms with Crippen molar-refractivity contribution in [1.29, 1.82) is 0 Å². The SMILES string of the molecule is CCNC(c1cnccc1C)c1ccc(F)cc1F. The van der Waals surface area contributed by atoms with Crippen molar-refractivity contribution in [1.82, 2.24) is 10.3 Å². The number of aryl methyl sites for hydroxylation is 1. The molecular formula is C15H16F2N2. The molecule has 1 aromatic heterocycles. The summed E-state index contributed by atoms with van der Waals surface area (Å²) in [5.74, 6) is -1.12. The van der Waals surface area contributed by atoms with Crippen LogP contribution in [0.3, 0.4) is 0 Å². The number of nitrogens with zero attached hydrogens (tertiary/aromatic N) is 1. The van der Waals surface area contributed by atoms with Crippen LogP contribution in [0.15, 0.2) is 36.7 Å². The Labute approximate surface area is 111 Å². The molecule has 4 heteroatoms. The van der Waals surface area contributed by atoms with Crippen LogP contribution in [-0.2, 0) is 0 Å². The van der Waals surface area contributed by atoms with Gasteiger partial charge in [0.25, 0.3) is 0 Å². The minimum Gasteiger partial charge on any atom is -0.306 e. The van der Waals surface area contributed by atoms with Crippen molar-refractivity contribution in [2.75, 3.05) is 6.54 Å². The van der Waals surface area contributed by atoms with Crippen LogP contribution >= 0.6 is 0 Å². The number of halogens is 2. The third-order valence-electron chi connectivity index (χ3n) is 3.07. The first kappa shape index (κ1) is 13.6. The fraction of sp³-hybridized carbons (Fsp3) is 0.267. The molecule has 19 heavy (non-hydrogen) atoms. The Morgan fingerprint density at radius 1 is 1.21 bits per heavy atom. The first-order valence-electron chi connectivity index (χ1n) is 6.22. The molecule has 1 atom stereocenters. The van der Waals surface area contributed by atoms with E-state index in [1.165, 1.54) is 12.1 Å². The van der Waals surface area contributed by atoms with Crippen molar-refractivity contribution < 1.29 is 8.78 Å². The number of aromatic nitrogens is 1. The summed E-state index contributed by atoms with van der Waals surface area (Å²) in [6.45, 7) is 4.57. The molecule has 0 fully saturated rings. The molecule has 0 amide bonds. The number of benzene rings is 1. The molecule has 0 spiro atoms. The van der Waals surface area contributed by atoms with E-state index in [4.69, 9.17) is 0 Å². The van der Waals surface area contributed by atoms with Crippen molar-refractivity contribution in [3.8, 4) is 0 Å². The molecule has 1 heterocycles. The zero-order valence-electron chi connectivity index (χ0n) is 11.0. The van der Waals surface area contributed by atoms with Gasteiger partial charge in [0.05, 0.1) is 6.04 Å². The second kappa shape index (κ2) is 5.89. The number of rotatable bonds is 4. The lowest BCUT2D eigenvalue weighted by atomic mass is 9.96. The zero-order chi connectivity index (χ0) is 13.8. The summed E-state index contributed by atoms with van der Waals surface area (Å²) in [6.07, 6.45) is 3.41. The van der Waals surface area contributed by atoms with Gasteiger partial charge < -0.3 is 5.32 Å². The molecule has 1 unspecified atom stereocenters. The first-order chi connectivity index (χ1) is 9.13. The summed E-state index contributed by atoms with van der Waals surface area (Å²) in [7, 11) is 0. The van der Waals surface area contributed by atoms with Gasteiger partial charge in [-0.15, -0.1) is 0 Å². The highest BCUT2D eigenvalue weighted by atomic mass is 19.1. The molecule has 0 aliphatic heterocycles. The third kappa shape index (κ3) is 2.96. The fourth-order valence-electron chi connectivity index (χ4n) is 2.11. The van der Waals surface area contributed by atoms with E-state index < -0.39 is 11.6 Å². The molecule has 2 aromatic rings. The van der Waals surface area contributed by atoms with Crippen molar-refractivity contribution >= 4 is 0 Å². The molecule has 1 aromatic carbocycles. The highest BCUT2D eigenvalue weighted by Gasteiger charge is 2.19. The maximum atomic E-state index is 13.9. The van der Waals surface area contributed by atoms with Crippen molar-refractivity contribution in [2.24, 2.45) is 0 Å². The largest absolute Gasteiger partial charge is 0.306 e. The second-order valence-electron chi connectivity index (χ2n) is 4.39. The van der Waals surface area contributed by atoms with E-state index in [2.05, 4.69) is 10.3 Å². The van der Waals surface area contributed by atoms with Crippen LogP contribution in [0.1, 0.15) is 29.7 Å². The van der Waals surface area contributed by atoms with Gasteiger partial charge in [-0.05, 0) is 36.7 Å². The predicted octanol–water partition coefficient (Wildman–Crippen LogP) is 3.37. The van der Waals surface area contributed by atoms with E-state index in [-0.39, 0.29) is 6.04 Å². The summed E-state index contributed by atoms with van der Waals surface area (Å²) in [4.78, 5) is 4.08. The molecule has 0 saturated carbocycles. The number of nitrogens with one attached hydrogen (secondary N) is 1. The van der Waals surface area contributed by atoms with Crippen molar-refractivity contribution in [3.05, 3.63) is 65.0 Å². The molecule has 0 bridgehead atoms. The zero-order valence-corrected chi connectivity index (χ0v) is 11.0. The van der Waals surface area contributed by atoms with Crippen LogP contribution < -0.4 is 5.32 Å². The maximum Gasteiger partial charge on any atom is 0.131 e. The van der Waals surface area contributed by atoms with Crippen LogP contribution in [-0.4, -0.2) is 11.5 Å². The molecule has 2 nitrogen and oxygen atoms in total. The van der Waals surface area contributed by atoms with E-state index in [0.717, 1.165) is 17.2 Å². The van der Waals surface area contributed by atoms with Gasteiger partial charge >= 0.3 is 0 Å². The molecule has 2 rings (SSSR count). The number of pyridine rings is 1. The lowest BCUT2D eigenvalue weighted by Crippen LogP contribution is -2.24. The van der Waals surface area contributed by atoms with Gasteiger partial charge in [-0.2, -0.15) is 0 Å². The van der Waals surface area contributed by atoms with Gasteiger partial charge in [0.15, 0.2) is 0 Å². The summed E-state index contributed by atoms with van der Waals surface area (Å²) < 4.78 is 26.9. The molecule has 100 valence electrons. The average molecular weight is 262 g/mol. The van der Waals surface area contributed by atoms with Gasteiger partial charge in [-0.3, -0.25) is 4.98 Å².